The molecule has 2 atom stereocenters. The molecule has 1 saturated heterocycles. The number of aromatic nitrogens is 2. The van der Waals surface area contributed by atoms with Gasteiger partial charge in [0.05, 0.1) is 17.2 Å². The summed E-state index contributed by atoms with van der Waals surface area (Å²) in [4.78, 5) is 14.0. The van der Waals surface area contributed by atoms with E-state index in [1.165, 1.54) is 6.07 Å². The fourth-order valence-electron chi connectivity index (χ4n) is 3.29. The van der Waals surface area contributed by atoms with Gasteiger partial charge in [0.2, 0.25) is 0 Å². The molecule has 11 heteroatoms. The summed E-state index contributed by atoms with van der Waals surface area (Å²) >= 11 is 0. The standard InChI is InChI=1S/C19H18F3N5O3/c1-10-6-12(8-27(10)9-23)24-16(28)18-26-25-17(30-18)14-7-11(19(20,21)22)2-5-15(14)29-13-3-4-13/h2,5,7,10,12-13H,3-4,6,8H2,1H3,(H,24,28)/t10-,12+/m0/s1. The van der Waals surface area contributed by atoms with Gasteiger partial charge in [-0.15, -0.1) is 10.2 Å². The molecule has 0 unspecified atom stereocenters. The number of nitriles is 1. The first-order chi connectivity index (χ1) is 14.2. The normalized spacial score (nSPS) is 21.4. The van der Waals surface area contributed by atoms with Crippen LogP contribution in [0.2, 0.25) is 0 Å². The summed E-state index contributed by atoms with van der Waals surface area (Å²) in [6.07, 6.45) is -0.352. The lowest BCUT2D eigenvalue weighted by Crippen LogP contribution is -2.36. The van der Waals surface area contributed by atoms with Crippen molar-refractivity contribution in [1.82, 2.24) is 20.4 Å². The zero-order valence-corrected chi connectivity index (χ0v) is 15.9. The lowest BCUT2D eigenvalue weighted by Gasteiger charge is -2.12. The molecule has 30 heavy (non-hydrogen) atoms. The number of hydrogen-bond acceptors (Lipinski definition) is 7. The molecular formula is C19H18F3N5O3. The number of nitrogens with one attached hydrogen (secondary N) is 1. The lowest BCUT2D eigenvalue weighted by molar-refractivity contribution is -0.137. The minimum Gasteiger partial charge on any atom is -0.490 e. The first-order valence-electron chi connectivity index (χ1n) is 9.43. The van der Waals surface area contributed by atoms with Crippen molar-refractivity contribution < 1.29 is 27.1 Å². The smallest absolute Gasteiger partial charge is 0.416 e. The summed E-state index contributed by atoms with van der Waals surface area (Å²) in [5, 5.41) is 19.2. The van der Waals surface area contributed by atoms with Gasteiger partial charge >= 0.3 is 18.0 Å². The topological polar surface area (TPSA) is 104 Å². The Kier molecular flexibility index (Phi) is 5.01. The summed E-state index contributed by atoms with van der Waals surface area (Å²) in [7, 11) is 0. The summed E-state index contributed by atoms with van der Waals surface area (Å²) < 4.78 is 50.5. The molecule has 4 rings (SSSR count). The van der Waals surface area contributed by atoms with Crippen LogP contribution in [0.5, 0.6) is 5.75 Å². The highest BCUT2D eigenvalue weighted by Crippen LogP contribution is 2.39. The first-order valence-corrected chi connectivity index (χ1v) is 9.43. The molecule has 1 aromatic carbocycles. The van der Waals surface area contributed by atoms with Crippen LogP contribution < -0.4 is 10.1 Å². The molecule has 1 amide bonds. The molecule has 2 aromatic rings. The third-order valence-corrected chi connectivity index (χ3v) is 5.01. The van der Waals surface area contributed by atoms with Gasteiger partial charge in [0.25, 0.3) is 5.89 Å². The number of nitrogens with zero attached hydrogens (tertiary/aromatic N) is 4. The zero-order chi connectivity index (χ0) is 21.5. The maximum atomic E-state index is 13.1. The van der Waals surface area contributed by atoms with Crippen LogP contribution >= 0.6 is 0 Å². The average molecular weight is 421 g/mol. The number of amides is 1. The molecule has 0 radical (unpaired) electrons. The van der Waals surface area contributed by atoms with Crippen molar-refractivity contribution in [2.24, 2.45) is 0 Å². The van der Waals surface area contributed by atoms with Gasteiger partial charge in [-0.1, -0.05) is 0 Å². The van der Waals surface area contributed by atoms with Gasteiger partial charge < -0.3 is 19.4 Å². The second-order valence-electron chi connectivity index (χ2n) is 7.45. The number of alkyl halides is 3. The molecule has 1 aliphatic heterocycles. The number of ether oxygens (including phenoxy) is 1. The van der Waals surface area contributed by atoms with Crippen molar-refractivity contribution in [2.45, 2.75) is 50.6 Å². The molecule has 0 bridgehead atoms. The van der Waals surface area contributed by atoms with E-state index in [1.807, 2.05) is 6.92 Å². The maximum absolute atomic E-state index is 13.1. The van der Waals surface area contributed by atoms with Gasteiger partial charge in [0.15, 0.2) is 6.19 Å². The van der Waals surface area contributed by atoms with Crippen LogP contribution in [-0.4, -0.2) is 45.7 Å². The predicted octanol–water partition coefficient (Wildman–Crippen LogP) is 2.97. The molecule has 2 heterocycles. The molecule has 1 saturated carbocycles. The highest BCUT2D eigenvalue weighted by molar-refractivity contribution is 5.90. The summed E-state index contributed by atoms with van der Waals surface area (Å²) in [6.45, 7) is 2.23. The molecule has 1 aliphatic carbocycles. The van der Waals surface area contributed by atoms with Crippen molar-refractivity contribution in [3.8, 4) is 23.4 Å². The highest BCUT2D eigenvalue weighted by Gasteiger charge is 2.34. The fraction of sp³-hybridized carbons (Fsp3) is 0.474. The minimum absolute atomic E-state index is 0.00853. The van der Waals surface area contributed by atoms with E-state index >= 15 is 0 Å². The second kappa shape index (κ2) is 7.51. The summed E-state index contributed by atoms with van der Waals surface area (Å²) in [6, 6.07) is 2.73. The number of carbonyl (C=O) groups is 1. The third kappa shape index (κ3) is 4.17. The van der Waals surface area contributed by atoms with Crippen LogP contribution in [0.4, 0.5) is 13.2 Å². The van der Waals surface area contributed by atoms with Crippen molar-refractivity contribution >= 4 is 5.91 Å². The number of rotatable bonds is 5. The zero-order valence-electron chi connectivity index (χ0n) is 15.9. The van der Waals surface area contributed by atoms with Gasteiger partial charge in [0.1, 0.15) is 5.75 Å². The largest absolute Gasteiger partial charge is 0.490 e. The number of benzene rings is 1. The molecular weight excluding hydrogens is 403 g/mol. The molecule has 158 valence electrons. The Morgan fingerprint density at radius 3 is 2.77 bits per heavy atom. The molecule has 2 fully saturated rings. The SMILES string of the molecule is C[C@H]1C[C@@H](NC(=O)c2nnc(-c3cc(C(F)(F)F)ccc3OC3CC3)o2)CN1C#N. The van der Waals surface area contributed by atoms with Gasteiger partial charge in [-0.3, -0.25) is 4.79 Å². The van der Waals surface area contributed by atoms with Gasteiger partial charge in [0, 0.05) is 18.6 Å². The van der Waals surface area contributed by atoms with Crippen LogP contribution in [0.25, 0.3) is 11.5 Å². The van der Waals surface area contributed by atoms with E-state index in [0.717, 1.165) is 25.0 Å². The number of hydrogen-bond donors (Lipinski definition) is 1. The maximum Gasteiger partial charge on any atom is 0.416 e. The monoisotopic (exact) mass is 421 g/mol. The molecule has 1 N–H and O–H groups in total. The van der Waals surface area contributed by atoms with Crippen LogP contribution in [0.1, 0.15) is 42.4 Å². The van der Waals surface area contributed by atoms with Gasteiger partial charge in [-0.05, 0) is 44.4 Å². The Morgan fingerprint density at radius 2 is 2.13 bits per heavy atom. The molecule has 0 spiro atoms. The van der Waals surface area contributed by atoms with E-state index in [9.17, 15) is 18.0 Å². The summed E-state index contributed by atoms with van der Waals surface area (Å²) in [5.41, 5.74) is -0.908. The lowest BCUT2D eigenvalue weighted by atomic mass is 10.1. The second-order valence-corrected chi connectivity index (χ2v) is 7.45. The number of halogens is 3. The highest BCUT2D eigenvalue weighted by atomic mass is 19.4. The van der Waals surface area contributed by atoms with Gasteiger partial charge in [-0.2, -0.15) is 18.4 Å². The Bertz CT molecular complexity index is 996. The fourth-order valence-corrected chi connectivity index (χ4v) is 3.29. The minimum atomic E-state index is -4.56. The Balaban J connectivity index is 1.55. The average Bonchev–Trinajstić information content (AvgIpc) is 3.23. The van der Waals surface area contributed by atoms with Crippen LogP contribution in [0, 0.1) is 11.5 Å². The van der Waals surface area contributed by atoms with Crippen LogP contribution in [0.15, 0.2) is 22.6 Å². The third-order valence-electron chi connectivity index (χ3n) is 5.01. The quantitative estimate of drug-likeness (QED) is 0.740. The Hall–Kier alpha value is -3.29. The van der Waals surface area contributed by atoms with Crippen molar-refractivity contribution in [2.75, 3.05) is 6.54 Å². The van der Waals surface area contributed by atoms with Crippen molar-refractivity contribution in [3.05, 3.63) is 29.7 Å². The van der Waals surface area contributed by atoms with Gasteiger partial charge in [-0.25, -0.2) is 0 Å². The predicted molar refractivity (Wildman–Crippen MR) is 96.0 cm³/mol. The Labute approximate surface area is 169 Å². The van der Waals surface area contributed by atoms with E-state index in [4.69, 9.17) is 14.4 Å². The summed E-state index contributed by atoms with van der Waals surface area (Å²) in [5.74, 6) is -1.07. The van der Waals surface area contributed by atoms with Crippen LogP contribution in [0.3, 0.4) is 0 Å². The van der Waals surface area contributed by atoms with E-state index < -0.39 is 17.6 Å². The first kappa shape index (κ1) is 20.0. The van der Waals surface area contributed by atoms with Crippen molar-refractivity contribution in [1.29, 1.82) is 5.26 Å². The van der Waals surface area contributed by atoms with Crippen molar-refractivity contribution in [3.63, 3.8) is 0 Å². The number of carbonyl (C=O) groups excluding carboxylic acids is 1. The molecule has 1 aromatic heterocycles. The Morgan fingerprint density at radius 1 is 1.37 bits per heavy atom. The van der Waals surface area contributed by atoms with E-state index in [2.05, 4.69) is 21.7 Å². The van der Waals surface area contributed by atoms with E-state index in [0.29, 0.717) is 13.0 Å². The number of likely N-dealkylation sites (tertiary alicyclic amines) is 1. The molecule has 2 aliphatic rings. The van der Waals surface area contributed by atoms with Crippen LogP contribution in [-0.2, 0) is 6.18 Å². The molecule has 8 nitrogen and oxygen atoms in total. The van der Waals surface area contributed by atoms with E-state index in [-0.39, 0.29) is 41.3 Å². The van der Waals surface area contributed by atoms with E-state index in [1.54, 1.807) is 4.90 Å².